The molecule has 0 spiro atoms. The third kappa shape index (κ3) is 2.42. The number of methoxy groups -OCH3 is 1. The van der Waals surface area contributed by atoms with Crippen molar-refractivity contribution in [2.45, 2.75) is 0 Å². The number of hydrogen-bond acceptors (Lipinski definition) is 3. The van der Waals surface area contributed by atoms with Crippen LogP contribution in [0.25, 0.3) is 11.1 Å². The molecule has 0 unspecified atom stereocenters. The molecule has 1 aromatic carbocycles. The molecule has 1 aromatic heterocycles. The highest BCUT2D eigenvalue weighted by Gasteiger charge is 2.04. The Morgan fingerprint density at radius 2 is 1.88 bits per heavy atom. The van der Waals surface area contributed by atoms with Crippen LogP contribution < -0.4 is 10.5 Å². The molecule has 2 N–H and O–H groups in total. The number of carbonyl (C=O) groups excluding carboxylic acids is 1. The van der Waals surface area contributed by atoms with Crippen LogP contribution in [-0.4, -0.2) is 18.0 Å². The Labute approximate surface area is 99.1 Å². The Bertz CT molecular complexity index is 535. The number of primary amides is 1. The number of pyridine rings is 1. The lowest BCUT2D eigenvalue weighted by Gasteiger charge is -2.04. The first-order valence-electron chi connectivity index (χ1n) is 5.11. The molecule has 0 fully saturated rings. The van der Waals surface area contributed by atoms with Gasteiger partial charge in [0.2, 0.25) is 0 Å². The highest BCUT2D eigenvalue weighted by atomic mass is 16.5. The fourth-order valence-corrected chi connectivity index (χ4v) is 1.53. The van der Waals surface area contributed by atoms with Crippen LogP contribution in [0.1, 0.15) is 10.5 Å². The zero-order chi connectivity index (χ0) is 12.3. The molecule has 0 saturated heterocycles. The second kappa shape index (κ2) is 4.65. The Morgan fingerprint density at radius 3 is 2.47 bits per heavy atom. The number of amides is 1. The van der Waals surface area contributed by atoms with E-state index in [0.717, 1.165) is 16.9 Å². The molecule has 0 radical (unpaired) electrons. The summed E-state index contributed by atoms with van der Waals surface area (Å²) in [6.45, 7) is 0. The van der Waals surface area contributed by atoms with Crippen molar-refractivity contribution in [3.63, 3.8) is 0 Å². The predicted octanol–water partition coefficient (Wildman–Crippen LogP) is 1.86. The number of aromatic nitrogens is 1. The normalized spacial score (nSPS) is 9.94. The summed E-state index contributed by atoms with van der Waals surface area (Å²) >= 11 is 0. The Hall–Kier alpha value is -2.36. The number of ether oxygens (including phenoxy) is 1. The van der Waals surface area contributed by atoms with Crippen molar-refractivity contribution in [2.24, 2.45) is 5.73 Å². The van der Waals surface area contributed by atoms with Gasteiger partial charge in [-0.3, -0.25) is 9.78 Å². The monoisotopic (exact) mass is 228 g/mol. The molecule has 4 heteroatoms. The predicted molar refractivity (Wildman–Crippen MR) is 64.7 cm³/mol. The first-order valence-corrected chi connectivity index (χ1v) is 5.11. The van der Waals surface area contributed by atoms with E-state index in [0.29, 0.717) is 0 Å². The number of benzene rings is 1. The molecular formula is C13H12N2O2. The zero-order valence-corrected chi connectivity index (χ0v) is 9.38. The average Bonchev–Trinajstić information content (AvgIpc) is 2.39. The van der Waals surface area contributed by atoms with Crippen molar-refractivity contribution < 1.29 is 9.53 Å². The quantitative estimate of drug-likeness (QED) is 0.871. The summed E-state index contributed by atoms with van der Waals surface area (Å²) in [7, 11) is 1.62. The van der Waals surface area contributed by atoms with Crippen LogP contribution in [-0.2, 0) is 0 Å². The van der Waals surface area contributed by atoms with E-state index >= 15 is 0 Å². The molecule has 0 aliphatic carbocycles. The molecular weight excluding hydrogens is 216 g/mol. The number of nitrogens with two attached hydrogens (primary N) is 1. The highest BCUT2D eigenvalue weighted by Crippen LogP contribution is 2.22. The largest absolute Gasteiger partial charge is 0.497 e. The van der Waals surface area contributed by atoms with E-state index < -0.39 is 5.91 Å². The lowest BCUT2D eigenvalue weighted by molar-refractivity contribution is 0.0995. The van der Waals surface area contributed by atoms with Crippen LogP contribution in [0.3, 0.4) is 0 Å². The van der Waals surface area contributed by atoms with Gasteiger partial charge in [0, 0.05) is 6.20 Å². The molecule has 17 heavy (non-hydrogen) atoms. The second-order valence-corrected chi connectivity index (χ2v) is 3.52. The molecule has 2 aromatic rings. The Balaban J connectivity index is 2.38. The molecule has 0 aliphatic heterocycles. The van der Waals surface area contributed by atoms with Gasteiger partial charge in [0.05, 0.1) is 7.11 Å². The number of carbonyl (C=O) groups is 1. The topological polar surface area (TPSA) is 65.2 Å². The number of rotatable bonds is 3. The van der Waals surface area contributed by atoms with Crippen LogP contribution in [0.5, 0.6) is 5.75 Å². The van der Waals surface area contributed by atoms with Gasteiger partial charge in [0.25, 0.3) is 5.91 Å². The van der Waals surface area contributed by atoms with Crippen LogP contribution in [0, 0.1) is 0 Å². The molecule has 1 amide bonds. The van der Waals surface area contributed by atoms with Crippen molar-refractivity contribution in [1.82, 2.24) is 4.98 Å². The van der Waals surface area contributed by atoms with E-state index in [9.17, 15) is 4.79 Å². The van der Waals surface area contributed by atoms with Crippen molar-refractivity contribution in [3.8, 4) is 16.9 Å². The Morgan fingerprint density at radius 1 is 1.18 bits per heavy atom. The molecule has 0 atom stereocenters. The van der Waals surface area contributed by atoms with Gasteiger partial charge in [0.1, 0.15) is 11.4 Å². The summed E-state index contributed by atoms with van der Waals surface area (Å²) in [5.41, 5.74) is 7.33. The van der Waals surface area contributed by atoms with Crippen molar-refractivity contribution >= 4 is 5.91 Å². The summed E-state index contributed by atoms with van der Waals surface area (Å²) in [6, 6.07) is 11.1. The third-order valence-corrected chi connectivity index (χ3v) is 2.44. The van der Waals surface area contributed by atoms with Crippen molar-refractivity contribution in [1.29, 1.82) is 0 Å². The minimum atomic E-state index is -0.527. The summed E-state index contributed by atoms with van der Waals surface area (Å²) in [5, 5.41) is 0. The van der Waals surface area contributed by atoms with Crippen LogP contribution in [0.15, 0.2) is 42.6 Å². The maximum Gasteiger partial charge on any atom is 0.267 e. The standard InChI is InChI=1S/C13H12N2O2/c1-17-11-4-2-9(3-5-11)10-6-7-15-12(8-10)13(14)16/h2-8H,1H3,(H2,14,16). The van der Waals surface area contributed by atoms with Gasteiger partial charge < -0.3 is 10.5 Å². The van der Waals surface area contributed by atoms with Crippen LogP contribution in [0.4, 0.5) is 0 Å². The van der Waals surface area contributed by atoms with Gasteiger partial charge in [-0.25, -0.2) is 0 Å². The first kappa shape index (κ1) is 11.1. The van der Waals surface area contributed by atoms with Crippen LogP contribution in [0.2, 0.25) is 0 Å². The molecule has 0 bridgehead atoms. The fraction of sp³-hybridized carbons (Fsp3) is 0.0769. The molecule has 1 heterocycles. The van der Waals surface area contributed by atoms with Gasteiger partial charge in [-0.2, -0.15) is 0 Å². The average molecular weight is 228 g/mol. The smallest absolute Gasteiger partial charge is 0.267 e. The summed E-state index contributed by atoms with van der Waals surface area (Å²) in [4.78, 5) is 14.9. The fourth-order valence-electron chi connectivity index (χ4n) is 1.53. The first-order chi connectivity index (χ1) is 8.20. The molecule has 0 saturated carbocycles. The van der Waals surface area contributed by atoms with Gasteiger partial charge in [-0.15, -0.1) is 0 Å². The minimum Gasteiger partial charge on any atom is -0.497 e. The van der Waals surface area contributed by atoms with Gasteiger partial charge >= 0.3 is 0 Å². The maximum atomic E-state index is 11.0. The SMILES string of the molecule is COc1ccc(-c2ccnc(C(N)=O)c2)cc1. The van der Waals surface area contributed by atoms with E-state index in [1.807, 2.05) is 30.3 Å². The van der Waals surface area contributed by atoms with Gasteiger partial charge in [0.15, 0.2) is 0 Å². The lowest BCUT2D eigenvalue weighted by Crippen LogP contribution is -2.12. The third-order valence-electron chi connectivity index (χ3n) is 2.44. The van der Waals surface area contributed by atoms with Crippen molar-refractivity contribution in [2.75, 3.05) is 7.11 Å². The molecule has 86 valence electrons. The van der Waals surface area contributed by atoms with Gasteiger partial charge in [-0.1, -0.05) is 12.1 Å². The number of nitrogens with zero attached hydrogens (tertiary/aromatic N) is 1. The molecule has 0 aliphatic rings. The zero-order valence-electron chi connectivity index (χ0n) is 9.38. The molecule has 4 nitrogen and oxygen atoms in total. The lowest BCUT2D eigenvalue weighted by atomic mass is 10.1. The van der Waals surface area contributed by atoms with Crippen LogP contribution >= 0.6 is 0 Å². The summed E-state index contributed by atoms with van der Waals surface area (Å²) < 4.78 is 5.08. The van der Waals surface area contributed by atoms with E-state index in [2.05, 4.69) is 4.98 Å². The summed E-state index contributed by atoms with van der Waals surface area (Å²) in [6.07, 6.45) is 1.57. The Kier molecular flexibility index (Phi) is 3.05. The molecule has 2 rings (SSSR count). The highest BCUT2D eigenvalue weighted by molar-refractivity contribution is 5.92. The maximum absolute atomic E-state index is 11.0. The van der Waals surface area contributed by atoms with E-state index in [1.54, 1.807) is 19.4 Å². The van der Waals surface area contributed by atoms with Gasteiger partial charge in [-0.05, 0) is 35.4 Å². The van der Waals surface area contributed by atoms with E-state index in [-0.39, 0.29) is 5.69 Å². The summed E-state index contributed by atoms with van der Waals surface area (Å²) in [5.74, 6) is 0.262. The van der Waals surface area contributed by atoms with Crippen molar-refractivity contribution in [3.05, 3.63) is 48.3 Å². The minimum absolute atomic E-state index is 0.262. The van der Waals surface area contributed by atoms with E-state index in [1.165, 1.54) is 0 Å². The second-order valence-electron chi connectivity index (χ2n) is 3.52. The van der Waals surface area contributed by atoms with E-state index in [4.69, 9.17) is 10.5 Å². The number of hydrogen-bond donors (Lipinski definition) is 1.